The standard InChI is InChI=1S/C13H14N6/c1-8-9(2)18-19-13(11(8)6-14)17-10(3)12-7-15-4-5-16-12/h4-5,7,10H,1-3H3,(H,17,19). The molecular formula is C13H14N6. The van der Waals surface area contributed by atoms with Crippen LogP contribution in [-0.2, 0) is 0 Å². The SMILES string of the molecule is Cc1nnc(NC(C)c2cnccn2)c(C#N)c1C. The van der Waals surface area contributed by atoms with Gasteiger partial charge >= 0.3 is 0 Å². The second-order valence-corrected chi connectivity index (χ2v) is 4.24. The molecular weight excluding hydrogens is 240 g/mol. The molecule has 6 heteroatoms. The Bertz CT molecular complexity index is 617. The third-order valence-corrected chi connectivity index (χ3v) is 2.95. The van der Waals surface area contributed by atoms with Gasteiger partial charge < -0.3 is 5.32 Å². The van der Waals surface area contributed by atoms with Crippen molar-refractivity contribution in [3.63, 3.8) is 0 Å². The maximum atomic E-state index is 9.22. The Morgan fingerprint density at radius 2 is 2.05 bits per heavy atom. The largest absolute Gasteiger partial charge is 0.359 e. The van der Waals surface area contributed by atoms with Crippen LogP contribution in [0.15, 0.2) is 18.6 Å². The van der Waals surface area contributed by atoms with Crippen molar-refractivity contribution in [3.8, 4) is 6.07 Å². The van der Waals surface area contributed by atoms with E-state index in [1.54, 1.807) is 18.6 Å². The van der Waals surface area contributed by atoms with E-state index in [0.29, 0.717) is 11.4 Å². The topological polar surface area (TPSA) is 87.4 Å². The maximum absolute atomic E-state index is 9.22. The zero-order valence-corrected chi connectivity index (χ0v) is 11.0. The highest BCUT2D eigenvalue weighted by molar-refractivity contribution is 5.56. The molecule has 0 aliphatic rings. The molecule has 1 atom stereocenters. The molecule has 0 bridgehead atoms. The average molecular weight is 254 g/mol. The zero-order chi connectivity index (χ0) is 13.8. The fraction of sp³-hybridized carbons (Fsp3) is 0.308. The Labute approximate surface area is 111 Å². The molecule has 0 aliphatic carbocycles. The lowest BCUT2D eigenvalue weighted by Gasteiger charge is -2.15. The summed E-state index contributed by atoms with van der Waals surface area (Å²) in [5, 5.41) is 20.4. The Morgan fingerprint density at radius 1 is 1.26 bits per heavy atom. The number of rotatable bonds is 3. The van der Waals surface area contributed by atoms with Gasteiger partial charge in [-0.15, -0.1) is 5.10 Å². The first-order valence-electron chi connectivity index (χ1n) is 5.90. The fourth-order valence-electron chi connectivity index (χ4n) is 1.66. The zero-order valence-electron chi connectivity index (χ0n) is 11.0. The predicted molar refractivity (Wildman–Crippen MR) is 70.3 cm³/mol. The van der Waals surface area contributed by atoms with Crippen LogP contribution < -0.4 is 5.32 Å². The molecule has 0 saturated carbocycles. The minimum Gasteiger partial charge on any atom is -0.359 e. The minimum absolute atomic E-state index is 0.0998. The molecule has 2 aromatic rings. The number of nitriles is 1. The molecule has 1 unspecified atom stereocenters. The number of hydrogen-bond donors (Lipinski definition) is 1. The summed E-state index contributed by atoms with van der Waals surface area (Å²) in [6.07, 6.45) is 4.93. The maximum Gasteiger partial charge on any atom is 0.167 e. The second kappa shape index (κ2) is 5.40. The summed E-state index contributed by atoms with van der Waals surface area (Å²) >= 11 is 0. The lowest BCUT2D eigenvalue weighted by Crippen LogP contribution is -2.13. The van der Waals surface area contributed by atoms with Crippen molar-refractivity contribution in [2.45, 2.75) is 26.8 Å². The first-order chi connectivity index (χ1) is 9.13. The van der Waals surface area contributed by atoms with Gasteiger partial charge in [0.1, 0.15) is 11.6 Å². The lowest BCUT2D eigenvalue weighted by atomic mass is 10.1. The van der Waals surface area contributed by atoms with Crippen molar-refractivity contribution >= 4 is 5.82 Å². The van der Waals surface area contributed by atoms with Gasteiger partial charge in [-0.05, 0) is 26.3 Å². The van der Waals surface area contributed by atoms with Gasteiger partial charge in [-0.3, -0.25) is 9.97 Å². The molecule has 0 fully saturated rings. The van der Waals surface area contributed by atoms with Crippen LogP contribution in [0, 0.1) is 25.2 Å². The molecule has 6 nitrogen and oxygen atoms in total. The van der Waals surface area contributed by atoms with Gasteiger partial charge in [0, 0.05) is 12.4 Å². The molecule has 2 heterocycles. The number of nitrogens with zero attached hydrogens (tertiary/aromatic N) is 5. The van der Waals surface area contributed by atoms with Gasteiger partial charge in [0.05, 0.1) is 23.6 Å². The van der Waals surface area contributed by atoms with Crippen LogP contribution in [0.25, 0.3) is 0 Å². The van der Waals surface area contributed by atoms with Gasteiger partial charge in [-0.2, -0.15) is 10.4 Å². The van der Waals surface area contributed by atoms with E-state index in [1.807, 2.05) is 20.8 Å². The summed E-state index contributed by atoms with van der Waals surface area (Å²) < 4.78 is 0. The van der Waals surface area contributed by atoms with E-state index in [4.69, 9.17) is 0 Å². The molecule has 0 spiro atoms. The minimum atomic E-state index is -0.0998. The quantitative estimate of drug-likeness (QED) is 0.900. The highest BCUT2D eigenvalue weighted by atomic mass is 15.2. The van der Waals surface area contributed by atoms with Crippen LogP contribution in [0.5, 0.6) is 0 Å². The number of anilines is 1. The van der Waals surface area contributed by atoms with E-state index in [-0.39, 0.29) is 6.04 Å². The summed E-state index contributed by atoms with van der Waals surface area (Å²) in [6, 6.07) is 2.06. The normalized spacial score (nSPS) is 11.7. The number of aromatic nitrogens is 4. The Morgan fingerprint density at radius 3 is 2.68 bits per heavy atom. The Hall–Kier alpha value is -2.55. The van der Waals surface area contributed by atoms with Crippen molar-refractivity contribution in [2.75, 3.05) is 5.32 Å². The highest BCUT2D eigenvalue weighted by Gasteiger charge is 2.14. The highest BCUT2D eigenvalue weighted by Crippen LogP contribution is 2.21. The van der Waals surface area contributed by atoms with Crippen molar-refractivity contribution in [3.05, 3.63) is 41.1 Å². The fourth-order valence-corrected chi connectivity index (χ4v) is 1.66. The van der Waals surface area contributed by atoms with Crippen LogP contribution in [0.4, 0.5) is 5.82 Å². The Kier molecular flexibility index (Phi) is 3.66. The van der Waals surface area contributed by atoms with Crippen molar-refractivity contribution in [2.24, 2.45) is 0 Å². The number of hydrogen-bond acceptors (Lipinski definition) is 6. The number of nitrogens with one attached hydrogen (secondary N) is 1. The van der Waals surface area contributed by atoms with Crippen molar-refractivity contribution < 1.29 is 0 Å². The molecule has 19 heavy (non-hydrogen) atoms. The van der Waals surface area contributed by atoms with E-state index in [9.17, 15) is 5.26 Å². The molecule has 0 radical (unpaired) electrons. The lowest BCUT2D eigenvalue weighted by molar-refractivity contribution is 0.807. The predicted octanol–water partition coefficient (Wildman–Crippen LogP) is 1.93. The summed E-state index contributed by atoms with van der Waals surface area (Å²) in [7, 11) is 0. The monoisotopic (exact) mass is 254 g/mol. The van der Waals surface area contributed by atoms with Crippen molar-refractivity contribution in [1.29, 1.82) is 5.26 Å². The average Bonchev–Trinajstić information content (AvgIpc) is 2.44. The molecule has 96 valence electrons. The summed E-state index contributed by atoms with van der Waals surface area (Å²) in [5.74, 6) is 0.476. The van der Waals surface area contributed by atoms with Gasteiger partial charge in [-0.25, -0.2) is 0 Å². The summed E-state index contributed by atoms with van der Waals surface area (Å²) in [4.78, 5) is 8.23. The van der Waals surface area contributed by atoms with Gasteiger partial charge in [0.15, 0.2) is 5.82 Å². The molecule has 0 aromatic carbocycles. The van der Waals surface area contributed by atoms with Crippen LogP contribution in [-0.4, -0.2) is 20.2 Å². The van der Waals surface area contributed by atoms with Crippen LogP contribution in [0.1, 0.15) is 35.5 Å². The molecule has 0 amide bonds. The van der Waals surface area contributed by atoms with Gasteiger partial charge in [-0.1, -0.05) is 0 Å². The second-order valence-electron chi connectivity index (χ2n) is 4.24. The van der Waals surface area contributed by atoms with Gasteiger partial charge in [0.2, 0.25) is 0 Å². The number of aryl methyl sites for hydroxylation is 1. The molecule has 1 N–H and O–H groups in total. The van der Waals surface area contributed by atoms with E-state index in [2.05, 4.69) is 31.6 Å². The van der Waals surface area contributed by atoms with Crippen LogP contribution in [0.2, 0.25) is 0 Å². The molecule has 2 rings (SSSR count). The first kappa shape index (κ1) is 12.9. The van der Waals surface area contributed by atoms with E-state index in [0.717, 1.165) is 17.0 Å². The van der Waals surface area contributed by atoms with Crippen molar-refractivity contribution in [1.82, 2.24) is 20.2 Å². The summed E-state index contributed by atoms with van der Waals surface area (Å²) in [5.41, 5.74) is 2.90. The van der Waals surface area contributed by atoms with Crippen LogP contribution >= 0.6 is 0 Å². The van der Waals surface area contributed by atoms with Gasteiger partial charge in [0.25, 0.3) is 0 Å². The third kappa shape index (κ3) is 2.65. The molecule has 0 aliphatic heterocycles. The third-order valence-electron chi connectivity index (χ3n) is 2.95. The Balaban J connectivity index is 2.30. The van der Waals surface area contributed by atoms with E-state index in [1.165, 1.54) is 0 Å². The van der Waals surface area contributed by atoms with E-state index >= 15 is 0 Å². The molecule has 2 aromatic heterocycles. The first-order valence-corrected chi connectivity index (χ1v) is 5.90. The van der Waals surface area contributed by atoms with E-state index < -0.39 is 0 Å². The van der Waals surface area contributed by atoms with Crippen LogP contribution in [0.3, 0.4) is 0 Å². The smallest absolute Gasteiger partial charge is 0.167 e. The summed E-state index contributed by atoms with van der Waals surface area (Å²) in [6.45, 7) is 5.63. The molecule has 0 saturated heterocycles.